The molecule has 0 spiro atoms. The molecule has 28 heavy (non-hydrogen) atoms. The number of benzene rings is 2. The highest BCUT2D eigenvalue weighted by molar-refractivity contribution is 6.32. The molecular formula is C23H29ClN2O2. The first-order valence-electron chi connectivity index (χ1n) is 9.96. The van der Waals surface area contributed by atoms with Gasteiger partial charge in [-0.15, -0.1) is 0 Å². The van der Waals surface area contributed by atoms with E-state index in [1.165, 1.54) is 30.4 Å². The van der Waals surface area contributed by atoms with Gasteiger partial charge < -0.3 is 10.1 Å². The van der Waals surface area contributed by atoms with Crippen LogP contribution in [0.4, 0.5) is 0 Å². The van der Waals surface area contributed by atoms with Crippen LogP contribution in [0.1, 0.15) is 46.8 Å². The number of likely N-dealkylation sites (tertiary alicyclic amines) is 1. The van der Waals surface area contributed by atoms with Crippen LogP contribution in [0.3, 0.4) is 0 Å². The van der Waals surface area contributed by atoms with E-state index < -0.39 is 0 Å². The standard InChI is InChI=1S/C23H29ClN2O2/c1-17-6-8-18(9-7-17)21(26-12-4-3-5-13-26)15-25-16-22(27)19-10-11-23(28-2)20(24)14-19/h6-11,14,21,25H,3-5,12-13,15-16H2,1-2H3. The predicted molar refractivity (Wildman–Crippen MR) is 115 cm³/mol. The summed E-state index contributed by atoms with van der Waals surface area (Å²) in [5, 5.41) is 3.83. The van der Waals surface area contributed by atoms with Crippen molar-refractivity contribution in [3.63, 3.8) is 0 Å². The number of carbonyl (C=O) groups is 1. The largest absolute Gasteiger partial charge is 0.495 e. The number of methoxy groups -OCH3 is 1. The van der Waals surface area contributed by atoms with E-state index in [2.05, 4.69) is 41.4 Å². The molecule has 4 nitrogen and oxygen atoms in total. The fourth-order valence-electron chi connectivity index (χ4n) is 3.74. The molecule has 1 aliphatic rings. The van der Waals surface area contributed by atoms with Gasteiger partial charge in [-0.1, -0.05) is 47.9 Å². The van der Waals surface area contributed by atoms with Crippen LogP contribution in [-0.4, -0.2) is 44.0 Å². The molecular weight excluding hydrogens is 372 g/mol. The molecule has 1 fully saturated rings. The second kappa shape index (κ2) is 10.1. The topological polar surface area (TPSA) is 41.6 Å². The van der Waals surface area contributed by atoms with Crippen LogP contribution < -0.4 is 10.1 Å². The maximum Gasteiger partial charge on any atom is 0.176 e. The first kappa shape index (κ1) is 20.8. The second-order valence-corrected chi connectivity index (χ2v) is 7.83. The Hall–Kier alpha value is -1.88. The summed E-state index contributed by atoms with van der Waals surface area (Å²) in [5.74, 6) is 0.613. The van der Waals surface area contributed by atoms with Crippen molar-refractivity contribution in [1.82, 2.24) is 10.2 Å². The lowest BCUT2D eigenvalue weighted by atomic mass is 10.0. The van der Waals surface area contributed by atoms with Crippen molar-refractivity contribution in [2.75, 3.05) is 33.3 Å². The monoisotopic (exact) mass is 400 g/mol. The van der Waals surface area contributed by atoms with E-state index in [9.17, 15) is 4.79 Å². The Labute approximate surface area is 172 Å². The molecule has 1 aliphatic heterocycles. The zero-order chi connectivity index (χ0) is 19.9. The number of ketones is 1. The summed E-state index contributed by atoms with van der Waals surface area (Å²) in [6.07, 6.45) is 3.79. The van der Waals surface area contributed by atoms with Crippen molar-refractivity contribution in [2.24, 2.45) is 0 Å². The minimum atomic E-state index is 0.0332. The van der Waals surface area contributed by atoms with Crippen molar-refractivity contribution in [3.05, 3.63) is 64.2 Å². The van der Waals surface area contributed by atoms with Crippen LogP contribution >= 0.6 is 11.6 Å². The molecule has 2 aromatic rings. The van der Waals surface area contributed by atoms with E-state index in [1.807, 2.05) is 0 Å². The number of nitrogens with zero attached hydrogens (tertiary/aromatic N) is 1. The minimum Gasteiger partial charge on any atom is -0.495 e. The van der Waals surface area contributed by atoms with Gasteiger partial charge in [-0.3, -0.25) is 9.69 Å². The van der Waals surface area contributed by atoms with Crippen molar-refractivity contribution in [1.29, 1.82) is 0 Å². The molecule has 0 saturated carbocycles. The van der Waals surface area contributed by atoms with Gasteiger partial charge in [-0.2, -0.15) is 0 Å². The smallest absolute Gasteiger partial charge is 0.176 e. The average Bonchev–Trinajstić information content (AvgIpc) is 2.72. The van der Waals surface area contributed by atoms with Gasteiger partial charge in [0.05, 0.1) is 18.7 Å². The summed E-state index contributed by atoms with van der Waals surface area (Å²) in [6, 6.07) is 14.2. The molecule has 0 aromatic heterocycles. The number of carbonyl (C=O) groups excluding carboxylic acids is 1. The highest BCUT2D eigenvalue weighted by Crippen LogP contribution is 2.26. The Kier molecular flexibility index (Phi) is 7.49. The maximum absolute atomic E-state index is 12.6. The molecule has 3 rings (SSSR count). The summed E-state index contributed by atoms with van der Waals surface area (Å²) in [6.45, 7) is 5.37. The van der Waals surface area contributed by atoms with Gasteiger partial charge in [0.25, 0.3) is 0 Å². The van der Waals surface area contributed by atoms with Crippen molar-refractivity contribution >= 4 is 17.4 Å². The SMILES string of the molecule is COc1ccc(C(=O)CNCC(c2ccc(C)cc2)N2CCCCC2)cc1Cl. The number of hydrogen-bond acceptors (Lipinski definition) is 4. The van der Waals surface area contributed by atoms with E-state index >= 15 is 0 Å². The molecule has 1 saturated heterocycles. The Morgan fingerprint density at radius 3 is 2.50 bits per heavy atom. The molecule has 5 heteroatoms. The lowest BCUT2D eigenvalue weighted by molar-refractivity contribution is 0.0983. The molecule has 0 amide bonds. The molecule has 0 aliphatic carbocycles. The third kappa shape index (κ3) is 5.34. The molecule has 2 aromatic carbocycles. The quantitative estimate of drug-likeness (QED) is 0.654. The summed E-state index contributed by atoms with van der Waals surface area (Å²) < 4.78 is 5.15. The predicted octanol–water partition coefficient (Wildman–Crippen LogP) is 4.66. The number of ether oxygens (including phenoxy) is 1. The van der Waals surface area contributed by atoms with Gasteiger partial charge >= 0.3 is 0 Å². The van der Waals surface area contributed by atoms with Gasteiger partial charge in [-0.05, 0) is 56.6 Å². The van der Waals surface area contributed by atoms with Gasteiger partial charge in [0.2, 0.25) is 0 Å². The average molecular weight is 401 g/mol. The second-order valence-electron chi connectivity index (χ2n) is 7.43. The van der Waals surface area contributed by atoms with Crippen LogP contribution in [0.15, 0.2) is 42.5 Å². The zero-order valence-corrected chi connectivity index (χ0v) is 17.5. The van der Waals surface area contributed by atoms with Crippen LogP contribution in [0, 0.1) is 6.92 Å². The molecule has 0 radical (unpaired) electrons. The van der Waals surface area contributed by atoms with Gasteiger partial charge in [-0.25, -0.2) is 0 Å². The summed E-state index contributed by atoms with van der Waals surface area (Å²) >= 11 is 6.15. The summed E-state index contributed by atoms with van der Waals surface area (Å²) in [5.41, 5.74) is 3.17. The number of Topliss-reactive ketones (excluding diaryl/α,β-unsaturated/α-hetero) is 1. The highest BCUT2D eigenvalue weighted by Gasteiger charge is 2.22. The Morgan fingerprint density at radius 2 is 1.86 bits per heavy atom. The van der Waals surface area contributed by atoms with E-state index in [0.29, 0.717) is 22.9 Å². The highest BCUT2D eigenvalue weighted by atomic mass is 35.5. The number of nitrogens with one attached hydrogen (secondary N) is 1. The minimum absolute atomic E-state index is 0.0332. The number of piperidine rings is 1. The summed E-state index contributed by atoms with van der Waals surface area (Å²) in [7, 11) is 1.57. The van der Waals surface area contributed by atoms with Crippen LogP contribution in [0.2, 0.25) is 5.02 Å². The first-order valence-corrected chi connectivity index (χ1v) is 10.3. The van der Waals surface area contributed by atoms with Crippen LogP contribution in [0.5, 0.6) is 5.75 Å². The van der Waals surface area contributed by atoms with E-state index in [4.69, 9.17) is 16.3 Å². The number of hydrogen-bond donors (Lipinski definition) is 1. The molecule has 0 bridgehead atoms. The van der Waals surface area contributed by atoms with E-state index in [1.54, 1.807) is 25.3 Å². The fraction of sp³-hybridized carbons (Fsp3) is 0.435. The maximum atomic E-state index is 12.6. The number of rotatable bonds is 8. The first-order chi connectivity index (χ1) is 13.6. The normalized spacial score (nSPS) is 16.0. The van der Waals surface area contributed by atoms with Gasteiger partial charge in [0.1, 0.15) is 5.75 Å². The molecule has 1 unspecified atom stereocenters. The van der Waals surface area contributed by atoms with E-state index in [0.717, 1.165) is 19.6 Å². The van der Waals surface area contributed by atoms with Crippen LogP contribution in [0.25, 0.3) is 0 Å². The van der Waals surface area contributed by atoms with Crippen LogP contribution in [-0.2, 0) is 0 Å². The fourth-order valence-corrected chi connectivity index (χ4v) is 4.00. The summed E-state index contributed by atoms with van der Waals surface area (Å²) in [4.78, 5) is 15.1. The Balaban J connectivity index is 1.63. The molecule has 1 N–H and O–H groups in total. The zero-order valence-electron chi connectivity index (χ0n) is 16.7. The van der Waals surface area contributed by atoms with Crippen molar-refractivity contribution in [2.45, 2.75) is 32.2 Å². The van der Waals surface area contributed by atoms with E-state index in [-0.39, 0.29) is 11.8 Å². The number of aryl methyl sites for hydroxylation is 1. The Morgan fingerprint density at radius 1 is 1.14 bits per heavy atom. The van der Waals surface area contributed by atoms with Crippen molar-refractivity contribution < 1.29 is 9.53 Å². The molecule has 1 atom stereocenters. The van der Waals surface area contributed by atoms with Crippen molar-refractivity contribution in [3.8, 4) is 5.75 Å². The third-order valence-electron chi connectivity index (χ3n) is 5.39. The van der Waals surface area contributed by atoms with Gasteiger partial charge in [0, 0.05) is 18.2 Å². The number of halogens is 1. The Bertz CT molecular complexity index is 786. The lowest BCUT2D eigenvalue weighted by Gasteiger charge is -2.35. The molecule has 1 heterocycles. The molecule has 150 valence electrons. The lowest BCUT2D eigenvalue weighted by Crippen LogP contribution is -2.40. The van der Waals surface area contributed by atoms with Gasteiger partial charge in [0.15, 0.2) is 5.78 Å². The third-order valence-corrected chi connectivity index (χ3v) is 5.69.